The zero-order valence-electron chi connectivity index (χ0n) is 20.7. The van der Waals surface area contributed by atoms with Gasteiger partial charge >= 0.3 is 0 Å². The molecule has 0 radical (unpaired) electrons. The minimum absolute atomic E-state index is 0.0842. The second kappa shape index (κ2) is 11.1. The number of pyridine rings is 1. The van der Waals surface area contributed by atoms with Gasteiger partial charge in [0.05, 0.1) is 12.6 Å². The van der Waals surface area contributed by atoms with Crippen molar-refractivity contribution in [2.45, 2.75) is 32.5 Å². The number of aliphatic hydroxyl groups is 1. The Labute approximate surface area is 210 Å². The van der Waals surface area contributed by atoms with Crippen LogP contribution >= 0.6 is 0 Å². The Morgan fingerprint density at radius 1 is 1.17 bits per heavy atom. The standard InChI is InChI=1S/C28H31F2N3O3/c1-18-14-33(19(2)17-34)28(35)24-12-21(23-9-4-5-10-25(23)30)13-31-27(24)36-26(18)16-32(3)15-20-7-6-8-22(29)11-20/h4-13,18-19,26,34H,14-17H2,1-3H3/t18-,19+,26-/m1/s1. The van der Waals surface area contributed by atoms with E-state index < -0.39 is 11.9 Å². The van der Waals surface area contributed by atoms with Crippen molar-refractivity contribution in [2.24, 2.45) is 5.92 Å². The van der Waals surface area contributed by atoms with Crippen LogP contribution in [0.25, 0.3) is 11.1 Å². The van der Waals surface area contributed by atoms with Crippen LogP contribution in [0.1, 0.15) is 29.8 Å². The van der Waals surface area contributed by atoms with E-state index in [9.17, 15) is 18.7 Å². The molecule has 0 unspecified atom stereocenters. The number of benzene rings is 2. The number of ether oxygens (including phenoxy) is 1. The highest BCUT2D eigenvalue weighted by atomic mass is 19.1. The molecular weight excluding hydrogens is 464 g/mol. The van der Waals surface area contributed by atoms with Gasteiger partial charge in [-0.2, -0.15) is 0 Å². The number of carbonyl (C=O) groups is 1. The minimum Gasteiger partial charge on any atom is -0.472 e. The second-order valence-corrected chi connectivity index (χ2v) is 9.51. The molecule has 0 saturated carbocycles. The molecule has 1 amide bonds. The highest BCUT2D eigenvalue weighted by Gasteiger charge is 2.34. The molecule has 36 heavy (non-hydrogen) atoms. The summed E-state index contributed by atoms with van der Waals surface area (Å²) in [7, 11) is 1.93. The fourth-order valence-electron chi connectivity index (χ4n) is 4.48. The van der Waals surface area contributed by atoms with Gasteiger partial charge in [-0.25, -0.2) is 13.8 Å². The van der Waals surface area contributed by atoms with Crippen LogP contribution in [0.3, 0.4) is 0 Å². The Kier molecular flexibility index (Phi) is 7.96. The number of nitrogens with zero attached hydrogens (tertiary/aromatic N) is 3. The van der Waals surface area contributed by atoms with Crippen LogP contribution in [-0.2, 0) is 6.54 Å². The van der Waals surface area contributed by atoms with Crippen LogP contribution in [0.2, 0.25) is 0 Å². The Bertz CT molecular complexity index is 1220. The lowest BCUT2D eigenvalue weighted by Crippen LogP contribution is -2.49. The fraction of sp³-hybridized carbons (Fsp3) is 0.357. The van der Waals surface area contributed by atoms with Crippen LogP contribution in [0.15, 0.2) is 60.8 Å². The van der Waals surface area contributed by atoms with Crippen molar-refractivity contribution in [2.75, 3.05) is 26.7 Å². The van der Waals surface area contributed by atoms with Crippen molar-refractivity contribution < 1.29 is 23.4 Å². The molecule has 0 bridgehead atoms. The Morgan fingerprint density at radius 3 is 2.67 bits per heavy atom. The van der Waals surface area contributed by atoms with E-state index in [0.717, 1.165) is 5.56 Å². The first-order valence-corrected chi connectivity index (χ1v) is 12.0. The monoisotopic (exact) mass is 495 g/mol. The summed E-state index contributed by atoms with van der Waals surface area (Å²) in [6.07, 6.45) is 1.17. The van der Waals surface area contributed by atoms with Crippen molar-refractivity contribution in [1.82, 2.24) is 14.8 Å². The fourth-order valence-corrected chi connectivity index (χ4v) is 4.48. The summed E-state index contributed by atoms with van der Waals surface area (Å²) < 4.78 is 34.4. The van der Waals surface area contributed by atoms with E-state index in [1.54, 1.807) is 42.2 Å². The molecular formula is C28H31F2N3O3. The number of rotatable bonds is 7. The lowest BCUT2D eigenvalue weighted by atomic mass is 9.99. The summed E-state index contributed by atoms with van der Waals surface area (Å²) in [5.41, 5.74) is 1.87. The molecule has 1 aromatic heterocycles. The van der Waals surface area contributed by atoms with Crippen molar-refractivity contribution in [3.05, 3.63) is 83.6 Å². The average Bonchev–Trinajstić information content (AvgIpc) is 2.86. The number of carbonyl (C=O) groups excluding carboxylic acids is 1. The van der Waals surface area contributed by atoms with Gasteiger partial charge in [0, 0.05) is 42.9 Å². The van der Waals surface area contributed by atoms with E-state index in [1.165, 1.54) is 24.4 Å². The third kappa shape index (κ3) is 5.71. The van der Waals surface area contributed by atoms with Crippen molar-refractivity contribution in [1.29, 1.82) is 0 Å². The van der Waals surface area contributed by atoms with E-state index in [1.807, 2.05) is 24.9 Å². The van der Waals surface area contributed by atoms with Gasteiger partial charge in [0.2, 0.25) is 5.88 Å². The topological polar surface area (TPSA) is 65.9 Å². The number of fused-ring (bicyclic) bond motifs is 1. The van der Waals surface area contributed by atoms with Gasteiger partial charge in [-0.3, -0.25) is 9.69 Å². The highest BCUT2D eigenvalue weighted by Crippen LogP contribution is 2.31. The number of aliphatic hydroxyl groups excluding tert-OH is 1. The normalized spacial score (nSPS) is 18.9. The summed E-state index contributed by atoms with van der Waals surface area (Å²) in [6, 6.07) is 14.0. The largest absolute Gasteiger partial charge is 0.472 e. The van der Waals surface area contributed by atoms with Crippen LogP contribution < -0.4 is 4.74 Å². The predicted molar refractivity (Wildman–Crippen MR) is 134 cm³/mol. The van der Waals surface area contributed by atoms with Crippen molar-refractivity contribution in [3.8, 4) is 17.0 Å². The third-order valence-corrected chi connectivity index (χ3v) is 6.54. The van der Waals surface area contributed by atoms with Crippen LogP contribution in [0.5, 0.6) is 5.88 Å². The minimum atomic E-state index is -0.423. The predicted octanol–water partition coefficient (Wildman–Crippen LogP) is 4.38. The molecule has 8 heteroatoms. The molecule has 0 saturated heterocycles. The zero-order chi connectivity index (χ0) is 25.8. The van der Waals surface area contributed by atoms with Gasteiger partial charge in [0.1, 0.15) is 23.3 Å². The third-order valence-electron chi connectivity index (χ3n) is 6.54. The first kappa shape index (κ1) is 25.7. The van der Waals surface area contributed by atoms with Crippen molar-refractivity contribution >= 4 is 5.91 Å². The number of amides is 1. The number of halogens is 2. The van der Waals surface area contributed by atoms with Gasteiger partial charge in [0.25, 0.3) is 5.91 Å². The Hall–Kier alpha value is -3.36. The molecule has 190 valence electrons. The number of hydrogen-bond acceptors (Lipinski definition) is 5. The summed E-state index contributed by atoms with van der Waals surface area (Å²) in [5, 5.41) is 9.84. The highest BCUT2D eigenvalue weighted by molar-refractivity contribution is 5.98. The summed E-state index contributed by atoms with van der Waals surface area (Å²) in [5.74, 6) is -0.933. The lowest BCUT2D eigenvalue weighted by Gasteiger charge is -2.37. The Balaban J connectivity index is 1.66. The lowest BCUT2D eigenvalue weighted by molar-refractivity contribution is 0.0325. The van der Waals surface area contributed by atoms with Gasteiger partial charge in [-0.05, 0) is 43.8 Å². The smallest absolute Gasteiger partial charge is 0.259 e. The van der Waals surface area contributed by atoms with E-state index in [0.29, 0.717) is 30.8 Å². The van der Waals surface area contributed by atoms with Crippen molar-refractivity contribution in [3.63, 3.8) is 0 Å². The van der Waals surface area contributed by atoms with Gasteiger partial charge in [-0.1, -0.05) is 37.3 Å². The SMILES string of the molecule is C[C@@H]1CN([C@@H](C)CO)C(=O)c2cc(-c3ccccc3F)cnc2O[C@@H]1CN(C)Cc1cccc(F)c1. The quantitative estimate of drug-likeness (QED) is 0.527. The number of aromatic nitrogens is 1. The molecule has 2 aromatic carbocycles. The summed E-state index contributed by atoms with van der Waals surface area (Å²) >= 11 is 0. The van der Waals surface area contributed by atoms with Gasteiger partial charge in [-0.15, -0.1) is 0 Å². The van der Waals surface area contributed by atoms with Crippen LogP contribution in [0, 0.1) is 17.6 Å². The molecule has 4 rings (SSSR count). The molecule has 2 heterocycles. The summed E-state index contributed by atoms with van der Waals surface area (Å²) in [6.45, 7) is 4.97. The molecule has 0 aliphatic carbocycles. The van der Waals surface area contributed by atoms with E-state index in [-0.39, 0.29) is 41.8 Å². The molecule has 0 spiro atoms. The maximum absolute atomic E-state index is 14.5. The van der Waals surface area contributed by atoms with Crippen LogP contribution in [-0.4, -0.2) is 64.7 Å². The Morgan fingerprint density at radius 2 is 1.94 bits per heavy atom. The molecule has 3 atom stereocenters. The van der Waals surface area contributed by atoms with E-state index in [2.05, 4.69) is 4.98 Å². The molecule has 0 fully saturated rings. The van der Waals surface area contributed by atoms with Gasteiger partial charge in [0.15, 0.2) is 0 Å². The molecule has 1 N–H and O–H groups in total. The second-order valence-electron chi connectivity index (χ2n) is 9.51. The molecule has 1 aliphatic rings. The molecule has 1 aliphatic heterocycles. The van der Waals surface area contributed by atoms with E-state index in [4.69, 9.17) is 4.74 Å². The zero-order valence-corrected chi connectivity index (χ0v) is 20.7. The maximum atomic E-state index is 14.5. The summed E-state index contributed by atoms with van der Waals surface area (Å²) in [4.78, 5) is 21.6. The maximum Gasteiger partial charge on any atom is 0.259 e. The first-order chi connectivity index (χ1) is 17.3. The number of likely N-dealkylation sites (N-methyl/N-ethyl adjacent to an activating group) is 1. The van der Waals surface area contributed by atoms with Crippen LogP contribution in [0.4, 0.5) is 8.78 Å². The first-order valence-electron chi connectivity index (χ1n) is 12.0. The molecule has 6 nitrogen and oxygen atoms in total. The van der Waals surface area contributed by atoms with E-state index >= 15 is 0 Å². The number of hydrogen-bond donors (Lipinski definition) is 1. The molecule has 3 aromatic rings. The average molecular weight is 496 g/mol. The van der Waals surface area contributed by atoms with Gasteiger partial charge < -0.3 is 14.7 Å².